The maximum absolute atomic E-state index is 9.95. The molecule has 2 unspecified atom stereocenters. The van der Waals surface area contributed by atoms with Crippen LogP contribution in [-0.4, -0.2) is 22.9 Å². The molecule has 0 radical (unpaired) electrons. The van der Waals surface area contributed by atoms with Gasteiger partial charge >= 0.3 is 0 Å². The average molecular weight is 200 g/mol. The first-order valence-electron chi connectivity index (χ1n) is 5.56. The van der Waals surface area contributed by atoms with E-state index in [1.165, 1.54) is 0 Å². The molecule has 0 aromatic heterocycles. The largest absolute Gasteiger partial charge is 0.396 e. The quantitative estimate of drug-likeness (QED) is 0.591. The third-order valence-electron chi connectivity index (χ3n) is 3.14. The molecule has 2 heteroatoms. The van der Waals surface area contributed by atoms with Crippen LogP contribution in [0.25, 0.3) is 0 Å². The topological polar surface area (TPSA) is 40.5 Å². The molecule has 2 nitrogen and oxygen atoms in total. The van der Waals surface area contributed by atoms with Crippen molar-refractivity contribution in [3.63, 3.8) is 0 Å². The summed E-state index contributed by atoms with van der Waals surface area (Å²) in [5.74, 6) is 0. The predicted octanol–water partition coefficient (Wildman–Crippen LogP) is 2.50. The average Bonchev–Trinajstić information content (AvgIpc) is 2.21. The Morgan fingerprint density at radius 3 is 2.43 bits per heavy atom. The maximum atomic E-state index is 9.95. The van der Waals surface area contributed by atoms with Gasteiger partial charge in [-0.15, -0.1) is 6.58 Å². The second-order valence-electron chi connectivity index (χ2n) is 4.02. The second-order valence-corrected chi connectivity index (χ2v) is 4.02. The van der Waals surface area contributed by atoms with E-state index in [0.717, 1.165) is 25.7 Å². The third-order valence-corrected chi connectivity index (χ3v) is 3.14. The molecule has 0 fully saturated rings. The van der Waals surface area contributed by atoms with Crippen molar-refractivity contribution in [3.8, 4) is 0 Å². The van der Waals surface area contributed by atoms with Crippen LogP contribution in [0, 0.1) is 5.41 Å². The van der Waals surface area contributed by atoms with Crippen molar-refractivity contribution in [1.82, 2.24) is 0 Å². The van der Waals surface area contributed by atoms with Crippen molar-refractivity contribution < 1.29 is 10.2 Å². The molecule has 14 heavy (non-hydrogen) atoms. The Morgan fingerprint density at radius 2 is 2.07 bits per heavy atom. The fourth-order valence-electron chi connectivity index (χ4n) is 1.81. The standard InChI is InChI=1S/C12H24O2/c1-4-7-9-12(6-3,10-13)11(14)8-5-2/h5,11,13-14H,2,4,6-10H2,1,3H3. The van der Waals surface area contributed by atoms with Gasteiger partial charge in [-0.1, -0.05) is 32.8 Å². The Kier molecular flexibility index (Phi) is 6.85. The lowest BCUT2D eigenvalue weighted by Gasteiger charge is -2.35. The van der Waals surface area contributed by atoms with E-state index in [9.17, 15) is 10.2 Å². The van der Waals surface area contributed by atoms with E-state index in [1.807, 2.05) is 6.92 Å². The van der Waals surface area contributed by atoms with Gasteiger partial charge in [0.2, 0.25) is 0 Å². The van der Waals surface area contributed by atoms with Gasteiger partial charge in [-0.3, -0.25) is 0 Å². The Bertz CT molecular complexity index is 150. The summed E-state index contributed by atoms with van der Waals surface area (Å²) in [7, 11) is 0. The van der Waals surface area contributed by atoms with E-state index in [-0.39, 0.29) is 12.0 Å². The summed E-state index contributed by atoms with van der Waals surface area (Å²) in [5, 5.41) is 19.4. The van der Waals surface area contributed by atoms with Gasteiger partial charge in [0.1, 0.15) is 0 Å². The third kappa shape index (κ3) is 3.43. The molecular formula is C12H24O2. The Hall–Kier alpha value is -0.340. The van der Waals surface area contributed by atoms with E-state index in [4.69, 9.17) is 0 Å². The van der Waals surface area contributed by atoms with Crippen LogP contribution in [0.5, 0.6) is 0 Å². The molecule has 2 atom stereocenters. The molecule has 0 amide bonds. The summed E-state index contributed by atoms with van der Waals surface area (Å²) in [6.45, 7) is 7.84. The molecule has 0 aliphatic heterocycles. The van der Waals surface area contributed by atoms with Crippen LogP contribution < -0.4 is 0 Å². The fraction of sp³-hybridized carbons (Fsp3) is 0.833. The van der Waals surface area contributed by atoms with Crippen LogP contribution in [0.2, 0.25) is 0 Å². The lowest BCUT2D eigenvalue weighted by Crippen LogP contribution is -2.38. The molecule has 0 rings (SSSR count). The summed E-state index contributed by atoms with van der Waals surface area (Å²) < 4.78 is 0. The number of rotatable bonds is 8. The van der Waals surface area contributed by atoms with Gasteiger partial charge in [0.05, 0.1) is 12.7 Å². The van der Waals surface area contributed by atoms with Crippen LogP contribution in [0.15, 0.2) is 12.7 Å². The van der Waals surface area contributed by atoms with Crippen molar-refractivity contribution in [2.45, 2.75) is 52.1 Å². The summed E-state index contributed by atoms with van der Waals surface area (Å²) in [6, 6.07) is 0. The zero-order chi connectivity index (χ0) is 11.0. The van der Waals surface area contributed by atoms with Crippen LogP contribution in [0.3, 0.4) is 0 Å². The van der Waals surface area contributed by atoms with Gasteiger partial charge in [-0.2, -0.15) is 0 Å². The molecule has 0 aliphatic rings. The smallest absolute Gasteiger partial charge is 0.0652 e. The minimum absolute atomic E-state index is 0.0680. The molecule has 0 saturated heterocycles. The normalized spacial score (nSPS) is 17.4. The minimum atomic E-state index is -0.457. The lowest BCUT2D eigenvalue weighted by atomic mass is 9.75. The van der Waals surface area contributed by atoms with E-state index < -0.39 is 6.10 Å². The van der Waals surface area contributed by atoms with Crippen LogP contribution in [0.4, 0.5) is 0 Å². The maximum Gasteiger partial charge on any atom is 0.0652 e. The first kappa shape index (κ1) is 13.7. The van der Waals surface area contributed by atoms with Gasteiger partial charge in [0.25, 0.3) is 0 Å². The number of unbranched alkanes of at least 4 members (excludes halogenated alkanes) is 1. The van der Waals surface area contributed by atoms with Crippen LogP contribution in [-0.2, 0) is 0 Å². The number of hydrogen-bond acceptors (Lipinski definition) is 2. The predicted molar refractivity (Wildman–Crippen MR) is 60.2 cm³/mol. The molecule has 0 heterocycles. The fourth-order valence-corrected chi connectivity index (χ4v) is 1.81. The summed E-state index contributed by atoms with van der Waals surface area (Å²) in [4.78, 5) is 0. The molecule has 0 saturated carbocycles. The highest BCUT2D eigenvalue weighted by Gasteiger charge is 2.34. The zero-order valence-corrected chi connectivity index (χ0v) is 9.50. The van der Waals surface area contributed by atoms with Crippen LogP contribution in [0.1, 0.15) is 46.0 Å². The zero-order valence-electron chi connectivity index (χ0n) is 9.50. The lowest BCUT2D eigenvalue weighted by molar-refractivity contribution is -0.0261. The van der Waals surface area contributed by atoms with E-state index in [0.29, 0.717) is 6.42 Å². The summed E-state index contributed by atoms with van der Waals surface area (Å²) in [5.41, 5.74) is -0.315. The van der Waals surface area contributed by atoms with Gasteiger partial charge in [-0.25, -0.2) is 0 Å². The molecule has 0 spiro atoms. The van der Waals surface area contributed by atoms with E-state index in [1.54, 1.807) is 6.08 Å². The minimum Gasteiger partial charge on any atom is -0.396 e. The van der Waals surface area contributed by atoms with Crippen molar-refractivity contribution in [1.29, 1.82) is 0 Å². The van der Waals surface area contributed by atoms with Gasteiger partial charge < -0.3 is 10.2 Å². The number of aliphatic hydroxyl groups is 2. The van der Waals surface area contributed by atoms with E-state index >= 15 is 0 Å². The Morgan fingerprint density at radius 1 is 1.43 bits per heavy atom. The highest BCUT2D eigenvalue weighted by Crippen LogP contribution is 2.34. The Labute approximate surface area is 87.7 Å². The summed E-state index contributed by atoms with van der Waals surface area (Å²) >= 11 is 0. The molecule has 84 valence electrons. The molecular weight excluding hydrogens is 176 g/mol. The van der Waals surface area contributed by atoms with Crippen molar-refractivity contribution in [2.75, 3.05) is 6.61 Å². The summed E-state index contributed by atoms with van der Waals surface area (Å²) in [6.07, 6.45) is 5.70. The molecule has 0 aromatic rings. The molecule has 0 aliphatic carbocycles. The second kappa shape index (κ2) is 7.02. The van der Waals surface area contributed by atoms with Gasteiger partial charge in [0, 0.05) is 5.41 Å². The van der Waals surface area contributed by atoms with Gasteiger partial charge in [0.15, 0.2) is 0 Å². The van der Waals surface area contributed by atoms with Crippen molar-refractivity contribution in [3.05, 3.63) is 12.7 Å². The number of hydrogen-bond donors (Lipinski definition) is 2. The van der Waals surface area contributed by atoms with Gasteiger partial charge in [-0.05, 0) is 19.3 Å². The monoisotopic (exact) mass is 200 g/mol. The highest BCUT2D eigenvalue weighted by molar-refractivity contribution is 4.88. The number of aliphatic hydroxyl groups excluding tert-OH is 2. The first-order chi connectivity index (χ1) is 6.66. The van der Waals surface area contributed by atoms with Crippen molar-refractivity contribution >= 4 is 0 Å². The highest BCUT2D eigenvalue weighted by atomic mass is 16.3. The molecule has 0 aromatic carbocycles. The van der Waals surface area contributed by atoms with E-state index in [2.05, 4.69) is 13.5 Å². The first-order valence-corrected chi connectivity index (χ1v) is 5.56. The Balaban J connectivity index is 4.40. The van der Waals surface area contributed by atoms with Crippen LogP contribution >= 0.6 is 0 Å². The molecule has 2 N–H and O–H groups in total. The molecule has 0 bridgehead atoms. The van der Waals surface area contributed by atoms with Crippen molar-refractivity contribution in [2.24, 2.45) is 5.41 Å². The SMILES string of the molecule is C=CCC(O)C(CC)(CO)CCCC.